The number of nitrogens with one attached hydrogen (secondary N) is 2. The van der Waals surface area contributed by atoms with Crippen molar-refractivity contribution in [3.63, 3.8) is 0 Å². The highest BCUT2D eigenvalue weighted by Crippen LogP contribution is 2.27. The molecule has 10 heteroatoms. The average molecular weight is 529 g/mol. The summed E-state index contributed by atoms with van der Waals surface area (Å²) in [6, 6.07) is 12.5. The zero-order valence-electron chi connectivity index (χ0n) is 23.2. The van der Waals surface area contributed by atoms with Gasteiger partial charge in [-0.05, 0) is 76.3 Å². The van der Waals surface area contributed by atoms with Gasteiger partial charge in [0.15, 0.2) is 5.65 Å². The molecule has 4 aromatic rings. The number of hydrogen-bond acceptors (Lipinski definition) is 8. The number of aromatic nitrogens is 5. The van der Waals surface area contributed by atoms with Crippen molar-refractivity contribution in [1.82, 2.24) is 29.9 Å². The number of pyridine rings is 1. The van der Waals surface area contributed by atoms with E-state index in [-0.39, 0.29) is 6.04 Å². The molecule has 4 heterocycles. The lowest BCUT2D eigenvalue weighted by Crippen LogP contribution is -2.39. The van der Waals surface area contributed by atoms with Gasteiger partial charge in [0.2, 0.25) is 5.95 Å². The summed E-state index contributed by atoms with van der Waals surface area (Å²) in [5.41, 5.74) is 5.29. The second-order valence-corrected chi connectivity index (χ2v) is 11.1. The van der Waals surface area contributed by atoms with E-state index in [1.165, 1.54) is 0 Å². The minimum absolute atomic E-state index is 0.286. The molecule has 0 saturated carbocycles. The maximum Gasteiger partial charge on any atom is 0.407 e. The number of carbonyl (C=O) groups is 1. The number of fused-ring (bicyclic) bond motifs is 1. The van der Waals surface area contributed by atoms with E-state index < -0.39 is 11.7 Å². The number of ether oxygens (including phenoxy) is 1. The normalized spacial score (nSPS) is 14.4. The fourth-order valence-electron chi connectivity index (χ4n) is 4.78. The smallest absolute Gasteiger partial charge is 0.407 e. The standard InChI is InChI=1S/C29H36N8O2/c1-19-13-24(22-8-6-7-21(15-22)16-30-28(38)39-29(3,4)5)26-34-27(35-37(26)17-19)33-23-9-11-36(12-10-23)25-14-20(2)31-18-32-25/h6-8,13-15,17-18,23H,9-12,16H2,1-5H3,(H,30,38)(H,33,35). The molecule has 1 fully saturated rings. The van der Waals surface area contributed by atoms with Crippen LogP contribution in [-0.4, -0.2) is 55.4 Å². The lowest BCUT2D eigenvalue weighted by atomic mass is 10.0. The minimum atomic E-state index is -0.536. The first-order valence-electron chi connectivity index (χ1n) is 13.4. The molecule has 1 saturated heterocycles. The zero-order valence-corrected chi connectivity index (χ0v) is 23.2. The Bertz CT molecular complexity index is 1470. The van der Waals surface area contributed by atoms with Crippen LogP contribution in [0.3, 0.4) is 0 Å². The molecule has 1 aromatic carbocycles. The monoisotopic (exact) mass is 528 g/mol. The largest absolute Gasteiger partial charge is 0.444 e. The number of carbonyl (C=O) groups excluding carboxylic acids is 1. The van der Waals surface area contributed by atoms with E-state index in [2.05, 4.69) is 50.6 Å². The fraction of sp³-hybridized carbons (Fsp3) is 0.414. The molecule has 2 N–H and O–H groups in total. The molecule has 0 atom stereocenters. The number of nitrogens with zero attached hydrogens (tertiary/aromatic N) is 6. The summed E-state index contributed by atoms with van der Waals surface area (Å²) in [7, 11) is 0. The van der Waals surface area contributed by atoms with Gasteiger partial charge in [-0.25, -0.2) is 19.3 Å². The number of benzene rings is 1. The van der Waals surface area contributed by atoms with Crippen LogP contribution in [0.1, 0.15) is 50.4 Å². The lowest BCUT2D eigenvalue weighted by Gasteiger charge is -2.32. The molecular formula is C29H36N8O2. The van der Waals surface area contributed by atoms with Crippen LogP contribution in [-0.2, 0) is 11.3 Å². The van der Waals surface area contributed by atoms with Gasteiger partial charge in [0, 0.05) is 49.2 Å². The van der Waals surface area contributed by atoms with Gasteiger partial charge in [0.1, 0.15) is 17.7 Å². The molecule has 0 unspecified atom stereocenters. The SMILES string of the molecule is Cc1cc(-c2cccc(CNC(=O)OC(C)(C)C)c2)c2nc(NC3CCN(c4cc(C)ncn4)CC3)nn2c1. The Morgan fingerprint density at radius 3 is 2.64 bits per heavy atom. The first-order valence-corrected chi connectivity index (χ1v) is 13.4. The van der Waals surface area contributed by atoms with E-state index in [0.29, 0.717) is 12.5 Å². The fourth-order valence-corrected chi connectivity index (χ4v) is 4.78. The van der Waals surface area contributed by atoms with Crippen LogP contribution in [0.15, 0.2) is 48.9 Å². The van der Waals surface area contributed by atoms with Crippen LogP contribution in [0.2, 0.25) is 0 Å². The molecule has 0 bridgehead atoms. The van der Waals surface area contributed by atoms with Crippen molar-refractivity contribution >= 4 is 23.5 Å². The molecule has 0 spiro atoms. The Balaban J connectivity index is 1.29. The van der Waals surface area contributed by atoms with Crippen molar-refractivity contribution in [2.75, 3.05) is 23.3 Å². The Morgan fingerprint density at radius 2 is 1.90 bits per heavy atom. The van der Waals surface area contributed by atoms with Gasteiger partial charge in [-0.3, -0.25) is 0 Å². The van der Waals surface area contributed by atoms with Gasteiger partial charge in [-0.1, -0.05) is 18.2 Å². The van der Waals surface area contributed by atoms with E-state index in [1.807, 2.05) is 56.6 Å². The molecule has 39 heavy (non-hydrogen) atoms. The summed E-state index contributed by atoms with van der Waals surface area (Å²) >= 11 is 0. The number of aryl methyl sites for hydroxylation is 2. The van der Waals surface area contributed by atoms with E-state index in [1.54, 1.807) is 6.33 Å². The van der Waals surface area contributed by atoms with Crippen molar-refractivity contribution in [2.24, 2.45) is 0 Å². The maximum absolute atomic E-state index is 12.1. The van der Waals surface area contributed by atoms with Gasteiger partial charge >= 0.3 is 6.09 Å². The summed E-state index contributed by atoms with van der Waals surface area (Å²) < 4.78 is 7.20. The van der Waals surface area contributed by atoms with E-state index >= 15 is 0 Å². The Morgan fingerprint density at radius 1 is 1.10 bits per heavy atom. The van der Waals surface area contributed by atoms with Crippen LogP contribution in [0.4, 0.5) is 16.6 Å². The van der Waals surface area contributed by atoms with Crippen molar-refractivity contribution in [3.05, 3.63) is 65.7 Å². The highest BCUT2D eigenvalue weighted by Gasteiger charge is 2.22. The molecule has 1 amide bonds. The van der Waals surface area contributed by atoms with Crippen molar-refractivity contribution in [2.45, 2.75) is 65.6 Å². The maximum atomic E-state index is 12.1. The molecular weight excluding hydrogens is 492 g/mol. The second kappa shape index (κ2) is 10.9. The second-order valence-electron chi connectivity index (χ2n) is 11.1. The number of anilines is 2. The third-order valence-corrected chi connectivity index (χ3v) is 6.59. The highest BCUT2D eigenvalue weighted by atomic mass is 16.6. The molecule has 1 aliphatic heterocycles. The summed E-state index contributed by atoms with van der Waals surface area (Å²) in [4.78, 5) is 27.9. The average Bonchev–Trinajstić information content (AvgIpc) is 3.28. The molecule has 0 radical (unpaired) electrons. The summed E-state index contributed by atoms with van der Waals surface area (Å²) in [5, 5.41) is 11.1. The molecule has 1 aliphatic rings. The van der Waals surface area contributed by atoms with Crippen molar-refractivity contribution in [3.8, 4) is 11.1 Å². The molecule has 3 aromatic heterocycles. The summed E-state index contributed by atoms with van der Waals surface area (Å²) in [6.07, 6.45) is 5.12. The number of piperidine rings is 1. The Kier molecular flexibility index (Phi) is 7.36. The predicted molar refractivity (Wildman–Crippen MR) is 152 cm³/mol. The zero-order chi connectivity index (χ0) is 27.6. The third-order valence-electron chi connectivity index (χ3n) is 6.59. The quantitative estimate of drug-likeness (QED) is 0.363. The third kappa shape index (κ3) is 6.63. The van der Waals surface area contributed by atoms with Crippen molar-refractivity contribution < 1.29 is 9.53 Å². The molecule has 204 valence electrons. The summed E-state index contributed by atoms with van der Waals surface area (Å²) in [6.45, 7) is 11.8. The van der Waals surface area contributed by atoms with Gasteiger partial charge in [0.25, 0.3) is 0 Å². The van der Waals surface area contributed by atoms with Crippen LogP contribution in [0.5, 0.6) is 0 Å². The highest BCUT2D eigenvalue weighted by molar-refractivity contribution is 5.79. The van der Waals surface area contributed by atoms with E-state index in [4.69, 9.17) is 14.8 Å². The molecule has 10 nitrogen and oxygen atoms in total. The van der Waals surface area contributed by atoms with Gasteiger partial charge in [-0.2, -0.15) is 4.98 Å². The number of alkyl carbamates (subject to hydrolysis) is 1. The topological polar surface area (TPSA) is 110 Å². The van der Waals surface area contributed by atoms with Crippen molar-refractivity contribution in [1.29, 1.82) is 0 Å². The number of rotatable bonds is 6. The number of amides is 1. The van der Waals surface area contributed by atoms with Crippen LogP contribution in [0.25, 0.3) is 16.8 Å². The van der Waals surface area contributed by atoms with Gasteiger partial charge < -0.3 is 20.3 Å². The van der Waals surface area contributed by atoms with Crippen LogP contribution >= 0.6 is 0 Å². The van der Waals surface area contributed by atoms with Crippen LogP contribution < -0.4 is 15.5 Å². The first kappa shape index (κ1) is 26.4. The Labute approximate surface area is 228 Å². The summed E-state index contributed by atoms with van der Waals surface area (Å²) in [5.74, 6) is 1.61. The van der Waals surface area contributed by atoms with E-state index in [9.17, 15) is 4.79 Å². The minimum Gasteiger partial charge on any atom is -0.444 e. The lowest BCUT2D eigenvalue weighted by molar-refractivity contribution is 0.0523. The molecule has 5 rings (SSSR count). The predicted octanol–water partition coefficient (Wildman–Crippen LogP) is 4.91. The molecule has 0 aliphatic carbocycles. The van der Waals surface area contributed by atoms with Crippen LogP contribution in [0, 0.1) is 13.8 Å². The Hall–Kier alpha value is -4.21. The van der Waals surface area contributed by atoms with E-state index in [0.717, 1.165) is 65.3 Å². The first-order chi connectivity index (χ1) is 18.6. The van der Waals surface area contributed by atoms with Gasteiger partial charge in [-0.15, -0.1) is 5.10 Å². The number of hydrogen-bond donors (Lipinski definition) is 2. The van der Waals surface area contributed by atoms with Gasteiger partial charge in [0.05, 0.1) is 0 Å².